The Morgan fingerprint density at radius 1 is 0.654 bits per heavy atom. The lowest BCUT2D eigenvalue weighted by Gasteiger charge is -2.26. The van der Waals surface area contributed by atoms with Crippen LogP contribution in [0.4, 0.5) is 28.4 Å². The fourth-order valence-electron chi connectivity index (χ4n) is 10.8. The maximum atomic E-state index is 14.4. The van der Waals surface area contributed by atoms with Gasteiger partial charge in [-0.05, 0) is 99.5 Å². The van der Waals surface area contributed by atoms with Gasteiger partial charge in [0.25, 0.3) is 5.91 Å². The summed E-state index contributed by atoms with van der Waals surface area (Å²) in [5.74, 6) is -0.988. The Morgan fingerprint density at radius 2 is 1.26 bits per heavy atom. The summed E-state index contributed by atoms with van der Waals surface area (Å²) in [4.78, 5) is 30.1. The summed E-state index contributed by atoms with van der Waals surface area (Å²) in [6.45, 7) is 15.4. The summed E-state index contributed by atoms with van der Waals surface area (Å²) in [7, 11) is -4.78. The highest BCUT2D eigenvalue weighted by atomic mass is 32.2. The molecule has 4 aromatic carbocycles. The number of aliphatic carboxylic acids is 1. The van der Waals surface area contributed by atoms with E-state index < -0.39 is 49.2 Å². The molecule has 0 aliphatic carbocycles. The minimum Gasteiger partial charge on any atom is -0.744 e. The second kappa shape index (κ2) is 23.4. The fourth-order valence-corrected chi connectivity index (χ4v) is 12.7. The summed E-state index contributed by atoms with van der Waals surface area (Å²) in [5.41, 5.74) is 7.28. The Balaban J connectivity index is 1.08. The van der Waals surface area contributed by atoms with Gasteiger partial charge in [0.2, 0.25) is 23.8 Å². The lowest BCUT2D eigenvalue weighted by Crippen LogP contribution is -2.31. The topological polar surface area (TPSA) is 261 Å². The fraction of sp³-hybridized carbons (Fsp3) is 0.296. The molecular formula is C54H55N5O15S4-2. The molecule has 0 unspecified atom stereocenters. The first-order chi connectivity index (χ1) is 37.0. The number of carbonyl (C=O) groups is 2. The van der Waals surface area contributed by atoms with Crippen molar-refractivity contribution in [3.8, 4) is 0 Å². The number of amides is 1. The first-order valence-electron chi connectivity index (χ1n) is 24.1. The Labute approximate surface area is 464 Å². The molecule has 0 bridgehead atoms. The number of hydrogen-bond acceptors (Lipinski definition) is 19. The molecule has 24 heteroatoms. The van der Waals surface area contributed by atoms with Gasteiger partial charge in [-0.1, -0.05) is 70.2 Å². The number of anilines is 3. The zero-order chi connectivity index (χ0) is 56.4. The molecular weight excluding hydrogens is 1090 g/mol. The van der Waals surface area contributed by atoms with E-state index in [1.54, 1.807) is 41.3 Å². The van der Waals surface area contributed by atoms with Crippen LogP contribution < -0.4 is 30.9 Å². The standard InChI is InChI=1S/C54H57N5O15S4/c1-51(2)37-15-12-13-16-41(37)58(32-75-72-69-63)47(51)19-14-20-48-52(3,4)38-27-34(21-24-44(38)59(48)33-76-73-70-64)55-49(60)30-56-42-25-22-35(77-74-71-65)28-39(42)53(5,6)45(56)17-10-9-11-18-46-54(7,8)40-29-36(78(66,67)68)23-26-43(40)57(46)31-50(61)62/h9-29H,30-33H2,1-8H3,(H4-2,55,60,61,62,63,64,65,66,67,68)/p-2. The number of carboxylic acid groups (broad SMARTS) is 1. The largest absolute Gasteiger partial charge is 0.744 e. The molecule has 4 aliphatic heterocycles. The van der Waals surface area contributed by atoms with Crippen LogP contribution >= 0.6 is 36.1 Å². The molecule has 0 saturated carbocycles. The lowest BCUT2D eigenvalue weighted by atomic mass is 9.81. The monoisotopic (exact) mass is 1140 g/mol. The van der Waals surface area contributed by atoms with Crippen LogP contribution in [0, 0.1) is 0 Å². The number of carbonyl (C=O) groups excluding carboxylic acids is 1. The van der Waals surface area contributed by atoms with Gasteiger partial charge in [0.1, 0.15) is 28.7 Å². The Hall–Kier alpha value is -5.94. The van der Waals surface area contributed by atoms with Gasteiger partial charge in [-0.15, -0.1) is 0 Å². The predicted molar refractivity (Wildman–Crippen MR) is 288 cm³/mol. The maximum absolute atomic E-state index is 14.4. The molecule has 0 fully saturated rings. The number of allylic oxidation sites excluding steroid dienone is 10. The van der Waals surface area contributed by atoms with E-state index >= 15 is 0 Å². The molecule has 20 nitrogen and oxygen atoms in total. The highest BCUT2D eigenvalue weighted by Crippen LogP contribution is 2.51. The summed E-state index contributed by atoms with van der Waals surface area (Å²) in [5, 5.41) is 56.2. The number of nitrogens with zero attached hydrogens (tertiary/aromatic N) is 4. The minimum absolute atomic E-state index is 0.121. The van der Waals surface area contributed by atoms with Gasteiger partial charge in [0.05, 0.1) is 45.7 Å². The summed E-state index contributed by atoms with van der Waals surface area (Å²) in [6, 6.07) is 22.9. The molecule has 78 heavy (non-hydrogen) atoms. The maximum Gasteiger partial charge on any atom is 0.323 e. The summed E-state index contributed by atoms with van der Waals surface area (Å²) < 4.78 is 53.8. The Bertz CT molecular complexity index is 3370. The normalized spacial score (nSPS) is 18.8. The number of para-hydroxylation sites is 1. The van der Waals surface area contributed by atoms with Crippen molar-refractivity contribution in [3.63, 3.8) is 0 Å². The van der Waals surface area contributed by atoms with Gasteiger partial charge in [-0.25, -0.2) is 8.42 Å². The third-order valence-corrected chi connectivity index (χ3v) is 16.9. The van der Waals surface area contributed by atoms with Crippen molar-refractivity contribution < 1.29 is 80.7 Å². The summed E-state index contributed by atoms with van der Waals surface area (Å²) in [6.07, 6.45) is 14.8. The molecule has 4 aromatic rings. The number of rotatable bonds is 22. The van der Waals surface area contributed by atoms with Gasteiger partial charge in [-0.3, -0.25) is 24.7 Å². The van der Waals surface area contributed by atoms with Crippen LogP contribution in [0.15, 0.2) is 149 Å². The highest BCUT2D eigenvalue weighted by Gasteiger charge is 2.47. The van der Waals surface area contributed by atoms with Crippen LogP contribution in [0.1, 0.15) is 77.6 Å². The van der Waals surface area contributed by atoms with E-state index in [0.717, 1.165) is 87.0 Å². The number of fused-ring (bicyclic) bond motifs is 4. The molecule has 4 aliphatic rings. The first-order valence-corrected chi connectivity index (χ1v) is 28.0. The van der Waals surface area contributed by atoms with Crippen LogP contribution in [0.25, 0.3) is 0 Å². The number of carboxylic acids is 1. The van der Waals surface area contributed by atoms with Crippen molar-refractivity contribution in [3.05, 3.63) is 161 Å². The van der Waals surface area contributed by atoms with E-state index in [2.05, 4.69) is 67.4 Å². The number of nitrogens with one attached hydrogen (secondary N) is 1. The SMILES string of the molecule is CC1(C)C(=CC=CC2=[N+](CSOO[O-])c3ccccc3C2(C)C)N(CSOO[O-])c2ccc(NC(=O)C[N+]3=C(/C=C/C=C/C=C4/N(CC(=O)O)c5ccc(S(=O)(=O)[O-])cc5C4(C)C)C(C)(C)c4cc(SOO[O-])ccc43)cc21. The quantitative estimate of drug-likeness (QED) is 0.0153. The molecule has 1 amide bonds. The second-order valence-electron chi connectivity index (χ2n) is 20.5. The van der Waals surface area contributed by atoms with E-state index in [4.69, 9.17) is 4.33 Å². The van der Waals surface area contributed by atoms with Crippen LogP contribution in [0.2, 0.25) is 0 Å². The molecule has 0 saturated heterocycles. The van der Waals surface area contributed by atoms with Crippen molar-refractivity contribution in [2.45, 2.75) is 86.8 Å². The predicted octanol–water partition coefficient (Wildman–Crippen LogP) is 6.99. The van der Waals surface area contributed by atoms with Crippen molar-refractivity contribution >= 4 is 98.0 Å². The Kier molecular flexibility index (Phi) is 17.5. The second-order valence-corrected chi connectivity index (χ2v) is 23.9. The molecule has 0 atom stereocenters. The number of hydrogen-bond donors (Lipinski definition) is 2. The van der Waals surface area contributed by atoms with Gasteiger partial charge in [-0.2, -0.15) is 22.2 Å². The zero-order valence-electron chi connectivity index (χ0n) is 43.5. The van der Waals surface area contributed by atoms with E-state index in [-0.39, 0.29) is 24.2 Å². The van der Waals surface area contributed by atoms with Crippen molar-refractivity contribution in [2.24, 2.45) is 0 Å². The smallest absolute Gasteiger partial charge is 0.323 e. The number of benzene rings is 4. The van der Waals surface area contributed by atoms with Gasteiger partial charge < -0.3 is 40.5 Å². The average molecular weight is 1140 g/mol. The van der Waals surface area contributed by atoms with E-state index in [1.807, 2.05) is 104 Å². The van der Waals surface area contributed by atoms with Crippen LogP contribution in [0.5, 0.6) is 0 Å². The molecule has 4 heterocycles. The molecule has 412 valence electrons. The average Bonchev–Trinajstić information content (AvgIpc) is 3.91. The van der Waals surface area contributed by atoms with E-state index in [1.165, 1.54) is 18.2 Å². The lowest BCUT2D eigenvalue weighted by molar-refractivity contribution is -0.777. The van der Waals surface area contributed by atoms with Crippen molar-refractivity contribution in [1.29, 1.82) is 0 Å². The van der Waals surface area contributed by atoms with Crippen molar-refractivity contribution in [1.82, 2.24) is 0 Å². The van der Waals surface area contributed by atoms with Crippen LogP contribution in [-0.4, -0.2) is 75.4 Å². The highest BCUT2D eigenvalue weighted by molar-refractivity contribution is 7.95. The third kappa shape index (κ3) is 11.6. The van der Waals surface area contributed by atoms with Gasteiger partial charge in [0, 0.05) is 79.6 Å². The van der Waals surface area contributed by atoms with Crippen LogP contribution in [0.3, 0.4) is 0 Å². The van der Waals surface area contributed by atoms with Gasteiger partial charge in [0.15, 0.2) is 11.4 Å². The van der Waals surface area contributed by atoms with E-state index in [0.29, 0.717) is 27.5 Å². The van der Waals surface area contributed by atoms with E-state index in [9.17, 15) is 43.4 Å². The molecule has 8 rings (SSSR count). The molecule has 0 radical (unpaired) electrons. The van der Waals surface area contributed by atoms with Gasteiger partial charge >= 0.3 is 5.97 Å². The van der Waals surface area contributed by atoms with Crippen LogP contribution in [-0.2, 0) is 69.5 Å². The summed E-state index contributed by atoms with van der Waals surface area (Å²) >= 11 is 2.44. The minimum atomic E-state index is -4.78. The first kappa shape index (κ1) is 58.2. The third-order valence-electron chi connectivity index (χ3n) is 14.5. The van der Waals surface area contributed by atoms with Crippen molar-refractivity contribution in [2.75, 3.05) is 40.0 Å². The molecule has 0 spiro atoms. The molecule has 2 N–H and O–H groups in total. The zero-order valence-corrected chi connectivity index (χ0v) is 46.8. The Morgan fingerprint density at radius 3 is 1.96 bits per heavy atom. The molecule has 0 aromatic heterocycles.